The SMILES string of the molecule is Fc1ccccc1[C@H]1CCN1CCc1ccncc1. The fraction of sp³-hybridized carbons (Fsp3) is 0.312. The fourth-order valence-corrected chi connectivity index (χ4v) is 2.63. The normalized spacial score (nSPS) is 19.1. The smallest absolute Gasteiger partial charge is 0.127 e. The maximum atomic E-state index is 13.8. The van der Waals surface area contributed by atoms with E-state index in [1.807, 2.05) is 36.7 Å². The van der Waals surface area contributed by atoms with E-state index in [2.05, 4.69) is 9.88 Å². The monoisotopic (exact) mass is 256 g/mol. The Kier molecular flexibility index (Phi) is 3.56. The van der Waals surface area contributed by atoms with Crippen LogP contribution in [0.4, 0.5) is 4.39 Å². The quantitative estimate of drug-likeness (QED) is 0.835. The number of halogens is 1. The summed E-state index contributed by atoms with van der Waals surface area (Å²) in [6.45, 7) is 2.03. The van der Waals surface area contributed by atoms with Gasteiger partial charge in [-0.2, -0.15) is 0 Å². The topological polar surface area (TPSA) is 16.1 Å². The van der Waals surface area contributed by atoms with Crippen LogP contribution in [0.5, 0.6) is 0 Å². The zero-order valence-electron chi connectivity index (χ0n) is 10.8. The molecule has 1 atom stereocenters. The second-order valence-electron chi connectivity index (χ2n) is 4.97. The average molecular weight is 256 g/mol. The Morgan fingerprint density at radius 3 is 2.63 bits per heavy atom. The van der Waals surface area contributed by atoms with Gasteiger partial charge >= 0.3 is 0 Å². The molecule has 0 N–H and O–H groups in total. The van der Waals surface area contributed by atoms with Crippen molar-refractivity contribution in [1.82, 2.24) is 9.88 Å². The number of likely N-dealkylation sites (tertiary alicyclic amines) is 1. The standard InChI is InChI=1S/C16H17FN2/c17-15-4-2-1-3-14(15)16-8-12-19(16)11-7-13-5-9-18-10-6-13/h1-6,9-10,16H,7-8,11-12H2/t16-/m1/s1. The second kappa shape index (κ2) is 5.49. The lowest BCUT2D eigenvalue weighted by Gasteiger charge is -2.41. The molecule has 1 aromatic carbocycles. The fourth-order valence-electron chi connectivity index (χ4n) is 2.63. The van der Waals surface area contributed by atoms with Crippen molar-refractivity contribution in [3.63, 3.8) is 0 Å². The highest BCUT2D eigenvalue weighted by Gasteiger charge is 2.30. The van der Waals surface area contributed by atoms with Crippen LogP contribution in [0.1, 0.15) is 23.6 Å². The molecule has 0 bridgehead atoms. The molecule has 0 amide bonds. The van der Waals surface area contributed by atoms with Crippen molar-refractivity contribution in [1.29, 1.82) is 0 Å². The molecule has 0 unspecified atom stereocenters. The first-order chi connectivity index (χ1) is 9.34. The highest BCUT2D eigenvalue weighted by Crippen LogP contribution is 2.34. The van der Waals surface area contributed by atoms with E-state index in [1.165, 1.54) is 5.56 Å². The summed E-state index contributed by atoms with van der Waals surface area (Å²) >= 11 is 0. The Morgan fingerprint density at radius 2 is 1.95 bits per heavy atom. The third kappa shape index (κ3) is 2.66. The van der Waals surface area contributed by atoms with E-state index in [1.54, 1.807) is 12.1 Å². The van der Waals surface area contributed by atoms with Gasteiger partial charge < -0.3 is 0 Å². The number of benzene rings is 1. The Hall–Kier alpha value is -1.74. The van der Waals surface area contributed by atoms with Gasteiger partial charge in [0.2, 0.25) is 0 Å². The van der Waals surface area contributed by atoms with E-state index in [0.717, 1.165) is 31.5 Å². The summed E-state index contributed by atoms with van der Waals surface area (Å²) in [7, 11) is 0. The number of nitrogens with zero attached hydrogens (tertiary/aromatic N) is 2. The molecule has 1 fully saturated rings. The molecule has 2 aromatic rings. The van der Waals surface area contributed by atoms with E-state index in [4.69, 9.17) is 0 Å². The molecule has 98 valence electrons. The first kappa shape index (κ1) is 12.3. The van der Waals surface area contributed by atoms with Crippen molar-refractivity contribution in [2.24, 2.45) is 0 Å². The molecule has 1 saturated heterocycles. The van der Waals surface area contributed by atoms with Crippen molar-refractivity contribution in [3.8, 4) is 0 Å². The predicted octanol–water partition coefficient (Wildman–Crippen LogP) is 3.21. The molecule has 0 saturated carbocycles. The van der Waals surface area contributed by atoms with Crippen LogP contribution in [0.2, 0.25) is 0 Å². The molecule has 2 nitrogen and oxygen atoms in total. The Morgan fingerprint density at radius 1 is 1.16 bits per heavy atom. The molecule has 1 aromatic heterocycles. The van der Waals surface area contributed by atoms with Crippen LogP contribution in [0.25, 0.3) is 0 Å². The van der Waals surface area contributed by atoms with E-state index in [9.17, 15) is 4.39 Å². The van der Waals surface area contributed by atoms with E-state index >= 15 is 0 Å². The molecule has 19 heavy (non-hydrogen) atoms. The van der Waals surface area contributed by atoms with Gasteiger partial charge in [-0.1, -0.05) is 18.2 Å². The minimum absolute atomic E-state index is 0.0823. The van der Waals surface area contributed by atoms with Crippen molar-refractivity contribution in [2.45, 2.75) is 18.9 Å². The van der Waals surface area contributed by atoms with E-state index in [0.29, 0.717) is 0 Å². The van der Waals surface area contributed by atoms with Crippen LogP contribution in [-0.4, -0.2) is 23.0 Å². The summed E-state index contributed by atoms with van der Waals surface area (Å²) < 4.78 is 13.8. The molecule has 0 aliphatic carbocycles. The van der Waals surface area contributed by atoms with Gasteiger partial charge in [-0.3, -0.25) is 9.88 Å². The van der Waals surface area contributed by atoms with Gasteiger partial charge in [0, 0.05) is 37.1 Å². The molecule has 3 heteroatoms. The summed E-state index contributed by atoms with van der Waals surface area (Å²) in [5, 5.41) is 0. The minimum Gasteiger partial charge on any atom is -0.296 e. The van der Waals surface area contributed by atoms with Gasteiger partial charge in [-0.15, -0.1) is 0 Å². The molecule has 1 aliphatic heterocycles. The Bertz CT molecular complexity index is 541. The Balaban J connectivity index is 1.63. The van der Waals surface area contributed by atoms with Gasteiger partial charge in [0.15, 0.2) is 0 Å². The number of aromatic nitrogens is 1. The maximum Gasteiger partial charge on any atom is 0.127 e. The van der Waals surface area contributed by atoms with Crippen LogP contribution in [0.3, 0.4) is 0 Å². The molecule has 3 rings (SSSR count). The van der Waals surface area contributed by atoms with Gasteiger partial charge in [0.05, 0.1) is 0 Å². The Labute approximate surface area is 112 Å². The molecule has 0 spiro atoms. The molecular formula is C16H17FN2. The zero-order valence-corrected chi connectivity index (χ0v) is 10.8. The second-order valence-corrected chi connectivity index (χ2v) is 4.97. The summed E-state index contributed by atoms with van der Waals surface area (Å²) in [4.78, 5) is 6.36. The summed E-state index contributed by atoms with van der Waals surface area (Å²) in [6.07, 6.45) is 5.68. The molecular weight excluding hydrogens is 239 g/mol. The number of hydrogen-bond acceptors (Lipinski definition) is 2. The van der Waals surface area contributed by atoms with Crippen LogP contribution < -0.4 is 0 Å². The van der Waals surface area contributed by atoms with Gasteiger partial charge in [0.1, 0.15) is 5.82 Å². The number of pyridine rings is 1. The van der Waals surface area contributed by atoms with E-state index < -0.39 is 0 Å². The summed E-state index contributed by atoms with van der Waals surface area (Å²) in [6, 6.07) is 11.4. The van der Waals surface area contributed by atoms with Gasteiger partial charge in [0.25, 0.3) is 0 Å². The zero-order chi connectivity index (χ0) is 13.1. The van der Waals surface area contributed by atoms with Gasteiger partial charge in [-0.05, 0) is 36.6 Å². The van der Waals surface area contributed by atoms with Crippen LogP contribution >= 0.6 is 0 Å². The lowest BCUT2D eigenvalue weighted by molar-refractivity contribution is 0.0895. The van der Waals surface area contributed by atoms with Crippen molar-refractivity contribution >= 4 is 0 Å². The maximum absolute atomic E-state index is 13.8. The summed E-state index contributed by atoms with van der Waals surface area (Å²) in [5.74, 6) is -0.0823. The number of rotatable bonds is 4. The third-order valence-electron chi connectivity index (χ3n) is 3.83. The van der Waals surface area contributed by atoms with Crippen molar-refractivity contribution in [3.05, 3.63) is 65.7 Å². The number of hydrogen-bond donors (Lipinski definition) is 0. The van der Waals surface area contributed by atoms with Crippen LogP contribution in [0.15, 0.2) is 48.8 Å². The van der Waals surface area contributed by atoms with Crippen molar-refractivity contribution < 1.29 is 4.39 Å². The van der Waals surface area contributed by atoms with Gasteiger partial charge in [-0.25, -0.2) is 4.39 Å². The first-order valence-electron chi connectivity index (χ1n) is 6.72. The first-order valence-corrected chi connectivity index (χ1v) is 6.72. The largest absolute Gasteiger partial charge is 0.296 e. The molecule has 2 heterocycles. The molecule has 0 radical (unpaired) electrons. The van der Waals surface area contributed by atoms with E-state index in [-0.39, 0.29) is 11.9 Å². The van der Waals surface area contributed by atoms with Crippen LogP contribution in [0, 0.1) is 5.82 Å². The molecule has 1 aliphatic rings. The lowest BCUT2D eigenvalue weighted by Crippen LogP contribution is -2.42. The highest BCUT2D eigenvalue weighted by molar-refractivity contribution is 5.23. The minimum atomic E-state index is -0.0823. The van der Waals surface area contributed by atoms with Crippen molar-refractivity contribution in [2.75, 3.05) is 13.1 Å². The van der Waals surface area contributed by atoms with Crippen LogP contribution in [-0.2, 0) is 6.42 Å². The third-order valence-corrected chi connectivity index (χ3v) is 3.83. The lowest BCUT2D eigenvalue weighted by atomic mass is 9.93. The predicted molar refractivity (Wildman–Crippen MR) is 73.3 cm³/mol. The average Bonchev–Trinajstić information content (AvgIpc) is 2.41. The summed E-state index contributed by atoms with van der Waals surface area (Å²) in [5.41, 5.74) is 2.12. The highest BCUT2D eigenvalue weighted by atomic mass is 19.1.